The fraction of sp³-hybridized carbons (Fsp3) is 0.750. The molecule has 0 atom stereocenters. The van der Waals surface area contributed by atoms with Crippen molar-refractivity contribution in [1.82, 2.24) is 0 Å². The van der Waals surface area contributed by atoms with Gasteiger partial charge in [0.25, 0.3) is 0 Å². The van der Waals surface area contributed by atoms with Gasteiger partial charge < -0.3 is 14.2 Å². The summed E-state index contributed by atoms with van der Waals surface area (Å²) in [6.45, 7) is 3.54. The van der Waals surface area contributed by atoms with Crippen LogP contribution in [0.1, 0.15) is 20.3 Å². The van der Waals surface area contributed by atoms with Crippen LogP contribution in [0.3, 0.4) is 0 Å². The number of carboxylic acid groups (broad SMARTS) is 1. The highest BCUT2D eigenvalue weighted by molar-refractivity contribution is 7.54. The van der Waals surface area contributed by atoms with Crippen LogP contribution in [0, 0.1) is 0 Å². The minimum atomic E-state index is -3.44. The first kappa shape index (κ1) is 14.3. The lowest BCUT2D eigenvalue weighted by atomic mass is 10.3. The Morgan fingerprint density at radius 3 is 2.00 bits per heavy atom. The molecule has 6 nitrogen and oxygen atoms in total. The second-order valence-electron chi connectivity index (χ2n) is 2.71. The molecule has 0 aliphatic heterocycles. The van der Waals surface area contributed by atoms with Gasteiger partial charge in [0.1, 0.15) is 12.6 Å². The van der Waals surface area contributed by atoms with Gasteiger partial charge in [0.15, 0.2) is 5.78 Å². The van der Waals surface area contributed by atoms with Crippen molar-refractivity contribution in [3.63, 3.8) is 0 Å². The van der Waals surface area contributed by atoms with Crippen LogP contribution in [-0.2, 0) is 23.2 Å². The Morgan fingerprint density at radius 1 is 1.20 bits per heavy atom. The Bertz CT molecular complexity index is 264. The molecule has 0 spiro atoms. The molecule has 0 fully saturated rings. The molecule has 0 aliphatic rings. The van der Waals surface area contributed by atoms with E-state index in [9.17, 15) is 14.2 Å². The van der Waals surface area contributed by atoms with Crippen molar-refractivity contribution in [3.05, 3.63) is 0 Å². The van der Waals surface area contributed by atoms with Gasteiger partial charge in [-0.2, -0.15) is 0 Å². The molecule has 7 heteroatoms. The molecule has 0 aromatic heterocycles. The van der Waals surface area contributed by atoms with Crippen molar-refractivity contribution in [3.8, 4) is 0 Å². The quantitative estimate of drug-likeness (QED) is 0.506. The molecule has 0 amide bonds. The van der Waals surface area contributed by atoms with Crippen molar-refractivity contribution in [2.45, 2.75) is 20.3 Å². The summed E-state index contributed by atoms with van der Waals surface area (Å²) in [5.41, 5.74) is 0. The molecule has 0 heterocycles. The SMILES string of the molecule is CCOP(=O)(CC(=O)CC(=O)O)OCC. The molecule has 0 saturated carbocycles. The molecule has 0 aliphatic carbocycles. The minimum Gasteiger partial charge on any atom is -0.481 e. The van der Waals surface area contributed by atoms with Crippen LogP contribution in [0.4, 0.5) is 0 Å². The van der Waals surface area contributed by atoms with Gasteiger partial charge in [0.2, 0.25) is 0 Å². The molecule has 0 aromatic carbocycles. The molecule has 0 aromatic rings. The van der Waals surface area contributed by atoms with E-state index in [-0.39, 0.29) is 13.2 Å². The fourth-order valence-electron chi connectivity index (χ4n) is 0.963. The summed E-state index contributed by atoms with van der Waals surface area (Å²) in [6, 6.07) is 0. The topological polar surface area (TPSA) is 89.9 Å². The maximum absolute atomic E-state index is 11.7. The third kappa shape index (κ3) is 6.38. The molecule has 0 rings (SSSR count). The van der Waals surface area contributed by atoms with Crippen LogP contribution in [0.5, 0.6) is 0 Å². The monoisotopic (exact) mass is 238 g/mol. The van der Waals surface area contributed by atoms with Crippen molar-refractivity contribution < 1.29 is 28.3 Å². The highest BCUT2D eigenvalue weighted by Gasteiger charge is 2.28. The molecule has 0 saturated heterocycles. The summed E-state index contributed by atoms with van der Waals surface area (Å²) < 4.78 is 21.4. The molecule has 0 bridgehead atoms. The number of ketones is 1. The predicted octanol–water partition coefficient (Wildman–Crippen LogP) is 1.30. The largest absolute Gasteiger partial charge is 0.481 e. The van der Waals surface area contributed by atoms with Gasteiger partial charge in [-0.05, 0) is 13.8 Å². The van der Waals surface area contributed by atoms with Crippen LogP contribution in [-0.4, -0.2) is 36.2 Å². The zero-order valence-corrected chi connectivity index (χ0v) is 9.66. The first-order chi connectivity index (χ1) is 6.93. The second kappa shape index (κ2) is 6.71. The van der Waals surface area contributed by atoms with E-state index >= 15 is 0 Å². The number of carbonyl (C=O) groups is 2. The maximum atomic E-state index is 11.7. The Balaban J connectivity index is 4.34. The predicted molar refractivity (Wildman–Crippen MR) is 53.0 cm³/mol. The van der Waals surface area contributed by atoms with Crippen LogP contribution in [0.25, 0.3) is 0 Å². The fourth-order valence-corrected chi connectivity index (χ4v) is 2.55. The zero-order valence-electron chi connectivity index (χ0n) is 8.76. The number of rotatable bonds is 8. The van der Waals surface area contributed by atoms with E-state index in [1.165, 1.54) is 0 Å². The van der Waals surface area contributed by atoms with Gasteiger partial charge in [-0.1, -0.05) is 0 Å². The Labute approximate surface area is 88.1 Å². The van der Waals surface area contributed by atoms with Gasteiger partial charge in [0, 0.05) is 0 Å². The average Bonchev–Trinajstić information content (AvgIpc) is 2.01. The average molecular weight is 238 g/mol. The van der Waals surface area contributed by atoms with E-state index in [1.807, 2.05) is 0 Å². The molecular weight excluding hydrogens is 223 g/mol. The van der Waals surface area contributed by atoms with Gasteiger partial charge in [-0.3, -0.25) is 14.2 Å². The summed E-state index contributed by atoms with van der Waals surface area (Å²) in [7, 11) is -3.44. The molecule has 15 heavy (non-hydrogen) atoms. The lowest BCUT2D eigenvalue weighted by Crippen LogP contribution is -2.13. The van der Waals surface area contributed by atoms with Crippen LogP contribution < -0.4 is 0 Å². The maximum Gasteiger partial charge on any atom is 0.338 e. The summed E-state index contributed by atoms with van der Waals surface area (Å²) in [4.78, 5) is 21.3. The standard InChI is InChI=1S/C8H15O6P/c1-3-13-15(12,14-4-2)6-7(9)5-8(10)11/h3-6H2,1-2H3,(H,10,11). The number of hydrogen-bond acceptors (Lipinski definition) is 5. The van der Waals surface area contributed by atoms with Crippen LogP contribution in [0.15, 0.2) is 0 Å². The molecular formula is C8H15O6P. The Hall–Kier alpha value is -0.710. The summed E-state index contributed by atoms with van der Waals surface area (Å²) in [6.07, 6.45) is -1.15. The Kier molecular flexibility index (Phi) is 6.40. The number of hydrogen-bond donors (Lipinski definition) is 1. The van der Waals surface area contributed by atoms with E-state index in [4.69, 9.17) is 14.2 Å². The van der Waals surface area contributed by atoms with Crippen LogP contribution >= 0.6 is 7.60 Å². The van der Waals surface area contributed by atoms with Crippen molar-refractivity contribution >= 4 is 19.3 Å². The third-order valence-corrected chi connectivity index (χ3v) is 3.41. The van der Waals surface area contributed by atoms with Gasteiger partial charge >= 0.3 is 13.6 Å². The zero-order chi connectivity index (χ0) is 11.9. The first-order valence-corrected chi connectivity index (χ1v) is 6.28. The number of carboxylic acids is 1. The highest BCUT2D eigenvalue weighted by atomic mass is 31.2. The molecule has 1 N–H and O–H groups in total. The van der Waals surface area contributed by atoms with Crippen molar-refractivity contribution in [2.75, 3.05) is 19.4 Å². The molecule has 0 unspecified atom stereocenters. The van der Waals surface area contributed by atoms with Crippen molar-refractivity contribution in [2.24, 2.45) is 0 Å². The lowest BCUT2D eigenvalue weighted by Gasteiger charge is -2.15. The van der Waals surface area contributed by atoms with E-state index < -0.39 is 31.9 Å². The van der Waals surface area contributed by atoms with Gasteiger partial charge in [0.05, 0.1) is 13.2 Å². The van der Waals surface area contributed by atoms with E-state index in [2.05, 4.69) is 0 Å². The first-order valence-electron chi connectivity index (χ1n) is 4.55. The van der Waals surface area contributed by atoms with Gasteiger partial charge in [-0.15, -0.1) is 0 Å². The van der Waals surface area contributed by atoms with Gasteiger partial charge in [-0.25, -0.2) is 0 Å². The summed E-state index contributed by atoms with van der Waals surface area (Å²) >= 11 is 0. The van der Waals surface area contributed by atoms with E-state index in [0.29, 0.717) is 0 Å². The second-order valence-corrected chi connectivity index (χ2v) is 4.77. The normalized spacial score (nSPS) is 11.3. The molecule has 0 radical (unpaired) electrons. The third-order valence-electron chi connectivity index (χ3n) is 1.37. The lowest BCUT2D eigenvalue weighted by molar-refractivity contribution is -0.139. The number of aliphatic carboxylic acids is 1. The summed E-state index contributed by atoms with van der Waals surface area (Å²) in [5, 5.41) is 8.35. The van der Waals surface area contributed by atoms with E-state index in [0.717, 1.165) is 0 Å². The highest BCUT2D eigenvalue weighted by Crippen LogP contribution is 2.47. The number of Topliss-reactive ketones (excluding diaryl/α,β-unsaturated/α-hetero) is 1. The van der Waals surface area contributed by atoms with Crippen LogP contribution in [0.2, 0.25) is 0 Å². The smallest absolute Gasteiger partial charge is 0.338 e. The Morgan fingerprint density at radius 2 is 1.67 bits per heavy atom. The van der Waals surface area contributed by atoms with E-state index in [1.54, 1.807) is 13.8 Å². The molecule has 88 valence electrons. The minimum absolute atomic E-state index is 0.150. The number of carbonyl (C=O) groups excluding carboxylic acids is 1. The van der Waals surface area contributed by atoms with Crippen molar-refractivity contribution in [1.29, 1.82) is 0 Å². The summed E-state index contributed by atoms with van der Waals surface area (Å²) in [5.74, 6) is -1.91.